The van der Waals surface area contributed by atoms with Crippen molar-refractivity contribution in [3.8, 4) is 0 Å². The minimum Gasteiger partial charge on any atom is -0.321 e. The quantitative estimate of drug-likeness (QED) is 0.571. The van der Waals surface area contributed by atoms with Gasteiger partial charge in [0.25, 0.3) is 0 Å². The molecule has 0 fully saturated rings. The van der Waals surface area contributed by atoms with E-state index in [1.165, 1.54) is 6.92 Å². The largest absolute Gasteiger partial charge is 0.321 e. The lowest BCUT2D eigenvalue weighted by Gasteiger charge is -2.09. The topological polar surface area (TPSA) is 43.1 Å². The monoisotopic (exact) mass is 115 g/mol. The number of nitrogens with two attached hydrogens (primary N) is 1. The molecule has 0 aromatic rings. The molecule has 0 rings (SSSR count). The van der Waals surface area contributed by atoms with E-state index in [1.54, 1.807) is 0 Å². The third-order valence-electron chi connectivity index (χ3n) is 1.19. The number of Topliss-reactive ketones (excluding diaryl/α,β-unsaturated/α-hetero) is 1. The number of hydrogen-bond donors (Lipinski definition) is 1. The van der Waals surface area contributed by atoms with Crippen molar-refractivity contribution in [2.75, 3.05) is 0 Å². The lowest BCUT2D eigenvalue weighted by Crippen LogP contribution is -2.33. The average Bonchev–Trinajstić information content (AvgIpc) is 1.64. The zero-order chi connectivity index (χ0) is 6.73. The summed E-state index contributed by atoms with van der Waals surface area (Å²) in [7, 11) is 0. The number of hydrogen-bond acceptors (Lipinski definition) is 2. The molecule has 0 amide bonds. The van der Waals surface area contributed by atoms with Gasteiger partial charge >= 0.3 is 0 Å². The van der Waals surface area contributed by atoms with E-state index in [0.29, 0.717) is 0 Å². The Labute approximate surface area is 50.1 Å². The van der Waals surface area contributed by atoms with Crippen molar-refractivity contribution in [2.24, 2.45) is 11.7 Å². The molecule has 0 bridgehead atoms. The molecule has 0 spiro atoms. The summed E-state index contributed by atoms with van der Waals surface area (Å²) in [4.78, 5) is 10.5. The lowest BCUT2D eigenvalue weighted by molar-refractivity contribution is -0.119. The molecule has 1 atom stereocenters. The molecule has 0 aromatic heterocycles. The van der Waals surface area contributed by atoms with Gasteiger partial charge in [-0.2, -0.15) is 0 Å². The molecule has 2 N–H and O–H groups in total. The van der Waals surface area contributed by atoms with Gasteiger partial charge in [-0.1, -0.05) is 13.8 Å². The Morgan fingerprint density at radius 2 is 1.88 bits per heavy atom. The summed E-state index contributed by atoms with van der Waals surface area (Å²) in [5, 5.41) is 0. The summed E-state index contributed by atoms with van der Waals surface area (Å²) >= 11 is 0. The highest BCUT2D eigenvalue weighted by Gasteiger charge is 2.10. The molecule has 0 saturated carbocycles. The molecular formula is C6H13NO. The van der Waals surface area contributed by atoms with Crippen LogP contribution in [0.15, 0.2) is 0 Å². The van der Waals surface area contributed by atoms with Crippen LogP contribution in [-0.2, 0) is 4.79 Å². The van der Waals surface area contributed by atoms with Gasteiger partial charge in [-0.3, -0.25) is 4.79 Å². The second-order valence-corrected chi connectivity index (χ2v) is 2.38. The van der Waals surface area contributed by atoms with Crippen molar-refractivity contribution in [1.82, 2.24) is 0 Å². The molecule has 0 aliphatic heterocycles. The molecule has 0 aliphatic carbocycles. The first-order valence-corrected chi connectivity index (χ1v) is 2.81. The summed E-state index contributed by atoms with van der Waals surface area (Å²) in [6, 6.07) is -0.269. The van der Waals surface area contributed by atoms with Crippen LogP contribution < -0.4 is 5.73 Å². The summed E-state index contributed by atoms with van der Waals surface area (Å²) in [5.41, 5.74) is 5.41. The van der Waals surface area contributed by atoms with Crippen molar-refractivity contribution in [1.29, 1.82) is 0 Å². The highest BCUT2D eigenvalue weighted by Crippen LogP contribution is 1.97. The number of carbonyl (C=O) groups excluding carboxylic acids is 1. The summed E-state index contributed by atoms with van der Waals surface area (Å²) < 4.78 is 0. The number of rotatable bonds is 2. The highest BCUT2D eigenvalue weighted by atomic mass is 16.1. The van der Waals surface area contributed by atoms with E-state index in [0.717, 1.165) is 0 Å². The van der Waals surface area contributed by atoms with Crippen LogP contribution in [0, 0.1) is 5.92 Å². The minimum atomic E-state index is -0.269. The van der Waals surface area contributed by atoms with Crippen LogP contribution >= 0.6 is 0 Å². The Kier molecular flexibility index (Phi) is 2.69. The van der Waals surface area contributed by atoms with Gasteiger partial charge in [0.15, 0.2) is 0 Å². The summed E-state index contributed by atoms with van der Waals surface area (Å²) in [5.74, 6) is 0.340. The van der Waals surface area contributed by atoms with E-state index < -0.39 is 0 Å². The van der Waals surface area contributed by atoms with Gasteiger partial charge in [0.05, 0.1) is 6.04 Å². The maximum Gasteiger partial charge on any atom is 0.146 e. The van der Waals surface area contributed by atoms with Gasteiger partial charge in [0.1, 0.15) is 5.78 Å². The van der Waals surface area contributed by atoms with Crippen molar-refractivity contribution in [3.05, 3.63) is 0 Å². The molecule has 0 aliphatic rings. The Morgan fingerprint density at radius 3 is 1.88 bits per heavy atom. The van der Waals surface area contributed by atoms with Crippen molar-refractivity contribution in [2.45, 2.75) is 26.8 Å². The molecule has 8 heavy (non-hydrogen) atoms. The fourth-order valence-corrected chi connectivity index (χ4v) is 0.469. The van der Waals surface area contributed by atoms with Crippen LogP contribution in [0.4, 0.5) is 0 Å². The van der Waals surface area contributed by atoms with Gasteiger partial charge in [0, 0.05) is 0 Å². The maximum atomic E-state index is 10.5. The average molecular weight is 115 g/mol. The summed E-state index contributed by atoms with van der Waals surface area (Å²) in [6.45, 7) is 5.39. The molecule has 1 unspecified atom stereocenters. The molecule has 0 aromatic carbocycles. The third kappa shape index (κ3) is 2.07. The molecular weight excluding hydrogens is 102 g/mol. The Morgan fingerprint density at radius 1 is 1.50 bits per heavy atom. The standard InChI is InChI=1S/C6H13NO/c1-4(2)6(7)5(3)8/h4,6H,7H2,1-3H3. The van der Waals surface area contributed by atoms with Gasteiger partial charge in [0.2, 0.25) is 0 Å². The first-order valence-electron chi connectivity index (χ1n) is 2.81. The molecule has 2 nitrogen and oxygen atoms in total. The third-order valence-corrected chi connectivity index (χ3v) is 1.19. The Balaban J connectivity index is 3.64. The van der Waals surface area contributed by atoms with Crippen LogP contribution in [0.3, 0.4) is 0 Å². The zero-order valence-corrected chi connectivity index (χ0v) is 5.64. The zero-order valence-electron chi connectivity index (χ0n) is 5.64. The van der Waals surface area contributed by atoms with Gasteiger partial charge in [-0.05, 0) is 12.8 Å². The van der Waals surface area contributed by atoms with Gasteiger partial charge in [-0.25, -0.2) is 0 Å². The van der Waals surface area contributed by atoms with E-state index in [1.807, 2.05) is 13.8 Å². The number of ketones is 1. The summed E-state index contributed by atoms with van der Waals surface area (Å²) in [6.07, 6.45) is 0. The van der Waals surface area contributed by atoms with Crippen LogP contribution in [-0.4, -0.2) is 11.8 Å². The maximum absolute atomic E-state index is 10.5. The molecule has 0 radical (unpaired) electrons. The van der Waals surface area contributed by atoms with Crippen LogP contribution in [0.25, 0.3) is 0 Å². The van der Waals surface area contributed by atoms with E-state index in [2.05, 4.69) is 0 Å². The molecule has 48 valence electrons. The van der Waals surface area contributed by atoms with Crippen LogP contribution in [0.1, 0.15) is 20.8 Å². The van der Waals surface area contributed by atoms with Crippen LogP contribution in [0.5, 0.6) is 0 Å². The smallest absolute Gasteiger partial charge is 0.146 e. The number of carbonyl (C=O) groups is 1. The lowest BCUT2D eigenvalue weighted by atomic mass is 10.0. The minimum absolute atomic E-state index is 0.0694. The predicted molar refractivity (Wildman–Crippen MR) is 33.5 cm³/mol. The SMILES string of the molecule is CC(=O)C(N)C(C)C. The van der Waals surface area contributed by atoms with Crippen molar-refractivity contribution >= 4 is 5.78 Å². The van der Waals surface area contributed by atoms with E-state index in [-0.39, 0.29) is 17.7 Å². The normalized spacial score (nSPS) is 14.1. The van der Waals surface area contributed by atoms with Crippen molar-refractivity contribution < 1.29 is 4.79 Å². The van der Waals surface area contributed by atoms with E-state index in [4.69, 9.17) is 5.73 Å². The van der Waals surface area contributed by atoms with Gasteiger partial charge in [-0.15, -0.1) is 0 Å². The van der Waals surface area contributed by atoms with E-state index in [9.17, 15) is 4.79 Å². The first-order chi connectivity index (χ1) is 3.55. The van der Waals surface area contributed by atoms with Gasteiger partial charge < -0.3 is 5.73 Å². The van der Waals surface area contributed by atoms with Crippen LogP contribution in [0.2, 0.25) is 0 Å². The first kappa shape index (κ1) is 7.63. The fourth-order valence-electron chi connectivity index (χ4n) is 0.469. The predicted octanol–water partition coefficient (Wildman–Crippen LogP) is 0.559. The van der Waals surface area contributed by atoms with Crippen molar-refractivity contribution in [3.63, 3.8) is 0 Å². The molecule has 0 saturated heterocycles. The molecule has 0 heterocycles. The van der Waals surface area contributed by atoms with E-state index >= 15 is 0 Å². The molecule has 2 heteroatoms. The second kappa shape index (κ2) is 2.82. The Bertz CT molecular complexity index is 88.5. The Hall–Kier alpha value is -0.370. The highest BCUT2D eigenvalue weighted by molar-refractivity contribution is 5.81. The second-order valence-electron chi connectivity index (χ2n) is 2.38. The fraction of sp³-hybridized carbons (Fsp3) is 0.833.